The van der Waals surface area contributed by atoms with Crippen LogP contribution in [-0.4, -0.2) is 37.7 Å². The minimum Gasteiger partial charge on any atom is -0.493 e. The molecule has 1 rings (SSSR count). The van der Waals surface area contributed by atoms with Gasteiger partial charge in [0.15, 0.2) is 11.5 Å². The SMILES string of the molecule is COc1cc(NC(=O)C(C)CCN)c(C(=O)O)cc1OC. The Morgan fingerprint density at radius 2 is 1.86 bits per heavy atom. The number of ether oxygens (including phenoxy) is 2. The summed E-state index contributed by atoms with van der Waals surface area (Å²) < 4.78 is 10.2. The van der Waals surface area contributed by atoms with Crippen molar-refractivity contribution in [3.63, 3.8) is 0 Å². The molecule has 0 saturated heterocycles. The van der Waals surface area contributed by atoms with Crippen LogP contribution in [0.2, 0.25) is 0 Å². The highest BCUT2D eigenvalue weighted by molar-refractivity contribution is 6.02. The molecule has 7 nitrogen and oxygen atoms in total. The Morgan fingerprint density at radius 1 is 1.29 bits per heavy atom. The maximum absolute atomic E-state index is 12.0. The van der Waals surface area contributed by atoms with Crippen molar-refractivity contribution in [3.8, 4) is 11.5 Å². The normalized spacial score (nSPS) is 11.6. The van der Waals surface area contributed by atoms with E-state index in [0.29, 0.717) is 18.7 Å². The number of methoxy groups -OCH3 is 2. The van der Waals surface area contributed by atoms with Crippen molar-refractivity contribution in [2.75, 3.05) is 26.1 Å². The van der Waals surface area contributed by atoms with Gasteiger partial charge in [-0.15, -0.1) is 0 Å². The van der Waals surface area contributed by atoms with Gasteiger partial charge in [-0.3, -0.25) is 4.79 Å². The molecule has 0 bridgehead atoms. The molecule has 0 aliphatic carbocycles. The number of aromatic carboxylic acids is 1. The predicted octanol–water partition coefficient (Wildman–Crippen LogP) is 1.33. The zero-order chi connectivity index (χ0) is 16.0. The Morgan fingerprint density at radius 3 is 2.33 bits per heavy atom. The molecule has 0 saturated carbocycles. The Bertz CT molecular complexity index is 530. The number of hydrogen-bond donors (Lipinski definition) is 3. The summed E-state index contributed by atoms with van der Waals surface area (Å²) in [6, 6.07) is 2.74. The number of carbonyl (C=O) groups is 2. The van der Waals surface area contributed by atoms with Crippen LogP contribution >= 0.6 is 0 Å². The summed E-state index contributed by atoms with van der Waals surface area (Å²) in [6.45, 7) is 2.11. The average molecular weight is 296 g/mol. The molecule has 0 radical (unpaired) electrons. The molecule has 4 N–H and O–H groups in total. The molecule has 1 amide bonds. The first-order valence-electron chi connectivity index (χ1n) is 6.44. The summed E-state index contributed by atoms with van der Waals surface area (Å²) in [4.78, 5) is 23.3. The molecule has 7 heteroatoms. The first kappa shape index (κ1) is 16.8. The number of carboxylic acids is 1. The van der Waals surface area contributed by atoms with E-state index in [9.17, 15) is 14.7 Å². The monoisotopic (exact) mass is 296 g/mol. The summed E-state index contributed by atoms with van der Waals surface area (Å²) in [7, 11) is 2.84. The number of carboxylic acid groups (broad SMARTS) is 1. The predicted molar refractivity (Wildman–Crippen MR) is 78.0 cm³/mol. The van der Waals surface area contributed by atoms with E-state index in [1.807, 2.05) is 0 Å². The van der Waals surface area contributed by atoms with Crippen LogP contribution in [0.25, 0.3) is 0 Å². The van der Waals surface area contributed by atoms with Gasteiger partial charge in [-0.2, -0.15) is 0 Å². The van der Waals surface area contributed by atoms with Gasteiger partial charge in [0.2, 0.25) is 5.91 Å². The van der Waals surface area contributed by atoms with E-state index in [4.69, 9.17) is 15.2 Å². The van der Waals surface area contributed by atoms with E-state index >= 15 is 0 Å². The van der Waals surface area contributed by atoms with E-state index < -0.39 is 5.97 Å². The summed E-state index contributed by atoms with van der Waals surface area (Å²) in [5, 5.41) is 11.8. The number of rotatable bonds is 7. The van der Waals surface area contributed by atoms with Crippen LogP contribution in [0.15, 0.2) is 12.1 Å². The van der Waals surface area contributed by atoms with E-state index in [1.54, 1.807) is 6.92 Å². The van der Waals surface area contributed by atoms with Crippen LogP contribution in [0, 0.1) is 5.92 Å². The third-order valence-corrected chi connectivity index (χ3v) is 3.06. The highest BCUT2D eigenvalue weighted by Crippen LogP contribution is 2.33. The quantitative estimate of drug-likeness (QED) is 0.700. The van der Waals surface area contributed by atoms with Gasteiger partial charge in [0, 0.05) is 18.1 Å². The Kier molecular flexibility index (Phi) is 5.98. The molecule has 0 spiro atoms. The average Bonchev–Trinajstić information content (AvgIpc) is 2.46. The number of carbonyl (C=O) groups excluding carboxylic acids is 1. The highest BCUT2D eigenvalue weighted by atomic mass is 16.5. The molecule has 0 fully saturated rings. The summed E-state index contributed by atoms with van der Waals surface area (Å²) >= 11 is 0. The molecule has 1 unspecified atom stereocenters. The smallest absolute Gasteiger partial charge is 0.337 e. The molecular weight excluding hydrogens is 276 g/mol. The first-order valence-corrected chi connectivity index (χ1v) is 6.44. The summed E-state index contributed by atoms with van der Waals surface area (Å²) in [5.41, 5.74) is 5.50. The molecular formula is C14H20N2O5. The third-order valence-electron chi connectivity index (χ3n) is 3.06. The molecule has 1 aromatic carbocycles. The van der Waals surface area contributed by atoms with Gasteiger partial charge in [-0.05, 0) is 13.0 Å². The van der Waals surface area contributed by atoms with Crippen LogP contribution < -0.4 is 20.5 Å². The molecule has 116 valence electrons. The minimum atomic E-state index is -1.17. The standard InChI is InChI=1S/C14H20N2O5/c1-8(4-5-15)13(17)16-10-7-12(21-3)11(20-2)6-9(10)14(18)19/h6-8H,4-5,15H2,1-3H3,(H,16,17)(H,18,19). The van der Waals surface area contributed by atoms with Crippen molar-refractivity contribution in [1.82, 2.24) is 0 Å². The fraction of sp³-hybridized carbons (Fsp3) is 0.429. The zero-order valence-electron chi connectivity index (χ0n) is 12.3. The van der Waals surface area contributed by atoms with Crippen molar-refractivity contribution < 1.29 is 24.2 Å². The Balaban J connectivity index is 3.15. The van der Waals surface area contributed by atoms with Crippen molar-refractivity contribution >= 4 is 17.6 Å². The first-order chi connectivity index (χ1) is 9.94. The van der Waals surface area contributed by atoms with E-state index in [-0.39, 0.29) is 28.8 Å². The number of nitrogens with two attached hydrogens (primary N) is 1. The number of anilines is 1. The van der Waals surface area contributed by atoms with Gasteiger partial charge >= 0.3 is 5.97 Å². The van der Waals surface area contributed by atoms with E-state index in [0.717, 1.165) is 0 Å². The number of hydrogen-bond acceptors (Lipinski definition) is 5. The van der Waals surface area contributed by atoms with Crippen LogP contribution in [0.4, 0.5) is 5.69 Å². The van der Waals surface area contributed by atoms with Crippen LogP contribution in [0.3, 0.4) is 0 Å². The molecule has 0 aliphatic rings. The van der Waals surface area contributed by atoms with Crippen molar-refractivity contribution in [3.05, 3.63) is 17.7 Å². The van der Waals surface area contributed by atoms with Crippen molar-refractivity contribution in [2.45, 2.75) is 13.3 Å². The number of benzene rings is 1. The number of amides is 1. The van der Waals surface area contributed by atoms with Gasteiger partial charge in [0.05, 0.1) is 25.5 Å². The van der Waals surface area contributed by atoms with Crippen LogP contribution in [0.5, 0.6) is 11.5 Å². The lowest BCUT2D eigenvalue weighted by Crippen LogP contribution is -2.23. The maximum Gasteiger partial charge on any atom is 0.337 e. The summed E-state index contributed by atoms with van der Waals surface area (Å²) in [5.74, 6) is -1.16. The van der Waals surface area contributed by atoms with Crippen LogP contribution in [0.1, 0.15) is 23.7 Å². The second-order valence-electron chi connectivity index (χ2n) is 4.53. The van der Waals surface area contributed by atoms with Gasteiger partial charge in [0.25, 0.3) is 0 Å². The highest BCUT2D eigenvalue weighted by Gasteiger charge is 2.20. The Hall–Kier alpha value is -2.28. The topological polar surface area (TPSA) is 111 Å². The number of nitrogens with one attached hydrogen (secondary N) is 1. The van der Waals surface area contributed by atoms with Crippen LogP contribution in [-0.2, 0) is 4.79 Å². The van der Waals surface area contributed by atoms with Gasteiger partial charge in [-0.25, -0.2) is 4.79 Å². The Labute approximate surface area is 123 Å². The van der Waals surface area contributed by atoms with E-state index in [2.05, 4.69) is 5.32 Å². The lowest BCUT2D eigenvalue weighted by atomic mass is 10.1. The molecule has 0 heterocycles. The van der Waals surface area contributed by atoms with E-state index in [1.165, 1.54) is 26.4 Å². The largest absolute Gasteiger partial charge is 0.493 e. The van der Waals surface area contributed by atoms with Gasteiger partial charge < -0.3 is 25.6 Å². The van der Waals surface area contributed by atoms with Crippen molar-refractivity contribution in [2.24, 2.45) is 11.7 Å². The fourth-order valence-corrected chi connectivity index (χ4v) is 1.80. The third kappa shape index (κ3) is 4.09. The molecule has 1 aromatic rings. The molecule has 0 aromatic heterocycles. The molecule has 1 atom stereocenters. The fourth-order valence-electron chi connectivity index (χ4n) is 1.80. The lowest BCUT2D eigenvalue weighted by Gasteiger charge is -2.15. The lowest BCUT2D eigenvalue weighted by molar-refractivity contribution is -0.119. The summed E-state index contributed by atoms with van der Waals surface area (Å²) in [6.07, 6.45) is 0.515. The van der Waals surface area contributed by atoms with Gasteiger partial charge in [0.1, 0.15) is 0 Å². The molecule has 0 aliphatic heterocycles. The van der Waals surface area contributed by atoms with Gasteiger partial charge in [-0.1, -0.05) is 6.92 Å². The zero-order valence-corrected chi connectivity index (χ0v) is 12.3. The molecule has 21 heavy (non-hydrogen) atoms. The second-order valence-corrected chi connectivity index (χ2v) is 4.53. The minimum absolute atomic E-state index is 0.0686. The second kappa shape index (κ2) is 7.49. The maximum atomic E-state index is 12.0. The van der Waals surface area contributed by atoms with Crippen molar-refractivity contribution in [1.29, 1.82) is 0 Å².